The lowest BCUT2D eigenvalue weighted by atomic mass is 10.1. The van der Waals surface area contributed by atoms with Crippen molar-refractivity contribution in [2.75, 3.05) is 18.1 Å². The van der Waals surface area contributed by atoms with Gasteiger partial charge in [0.05, 0.1) is 23.1 Å². The SMILES string of the molecule is O=C(NCCc1ccc(-n2cccn2)cc1)C1CCS(=O)(=O)C1. The molecule has 3 rings (SSSR count). The maximum absolute atomic E-state index is 11.9. The molecule has 1 aromatic carbocycles. The third-order valence-electron chi connectivity index (χ3n) is 4.02. The number of nitrogens with one attached hydrogen (secondary N) is 1. The van der Waals surface area contributed by atoms with Crippen molar-refractivity contribution in [2.45, 2.75) is 12.8 Å². The Morgan fingerprint density at radius 1 is 1.30 bits per heavy atom. The molecule has 122 valence electrons. The third-order valence-corrected chi connectivity index (χ3v) is 5.79. The lowest BCUT2D eigenvalue weighted by molar-refractivity contribution is -0.124. The van der Waals surface area contributed by atoms with Crippen molar-refractivity contribution in [1.82, 2.24) is 15.1 Å². The van der Waals surface area contributed by atoms with Gasteiger partial charge in [-0.25, -0.2) is 13.1 Å². The Kier molecular flexibility index (Phi) is 4.47. The molecule has 0 saturated carbocycles. The molecule has 1 N–H and O–H groups in total. The van der Waals surface area contributed by atoms with Crippen molar-refractivity contribution in [3.8, 4) is 5.69 Å². The lowest BCUT2D eigenvalue weighted by Gasteiger charge is -2.09. The minimum Gasteiger partial charge on any atom is -0.356 e. The number of aromatic nitrogens is 2. The molecule has 0 bridgehead atoms. The monoisotopic (exact) mass is 333 g/mol. The Bertz CT molecular complexity index is 767. The number of nitrogens with zero attached hydrogens (tertiary/aromatic N) is 2. The highest BCUT2D eigenvalue weighted by molar-refractivity contribution is 7.91. The summed E-state index contributed by atoms with van der Waals surface area (Å²) in [6.07, 6.45) is 4.76. The predicted molar refractivity (Wildman–Crippen MR) is 87.0 cm³/mol. The second-order valence-corrected chi connectivity index (χ2v) is 7.99. The molecule has 0 aliphatic carbocycles. The van der Waals surface area contributed by atoms with Crippen LogP contribution >= 0.6 is 0 Å². The van der Waals surface area contributed by atoms with E-state index >= 15 is 0 Å². The quantitative estimate of drug-likeness (QED) is 0.884. The van der Waals surface area contributed by atoms with Crippen molar-refractivity contribution >= 4 is 15.7 Å². The summed E-state index contributed by atoms with van der Waals surface area (Å²) in [5.74, 6) is -0.432. The molecule has 1 aliphatic rings. The number of hydrogen-bond acceptors (Lipinski definition) is 4. The van der Waals surface area contributed by atoms with E-state index in [1.807, 2.05) is 36.5 Å². The summed E-state index contributed by atoms with van der Waals surface area (Å²) >= 11 is 0. The van der Waals surface area contributed by atoms with Gasteiger partial charge >= 0.3 is 0 Å². The summed E-state index contributed by atoms with van der Waals surface area (Å²) in [4.78, 5) is 11.9. The first-order chi connectivity index (χ1) is 11.0. The van der Waals surface area contributed by atoms with E-state index in [1.54, 1.807) is 10.9 Å². The Hall–Kier alpha value is -2.15. The van der Waals surface area contributed by atoms with Crippen molar-refractivity contribution in [3.63, 3.8) is 0 Å². The molecule has 2 aromatic rings. The van der Waals surface area contributed by atoms with Crippen molar-refractivity contribution in [1.29, 1.82) is 0 Å². The largest absolute Gasteiger partial charge is 0.356 e. The van der Waals surface area contributed by atoms with Gasteiger partial charge in [0, 0.05) is 18.9 Å². The van der Waals surface area contributed by atoms with Crippen LogP contribution in [0.5, 0.6) is 0 Å². The molecule has 1 amide bonds. The van der Waals surface area contributed by atoms with Gasteiger partial charge in [0.2, 0.25) is 5.91 Å². The van der Waals surface area contributed by atoms with Crippen LogP contribution in [0.2, 0.25) is 0 Å². The van der Waals surface area contributed by atoms with Crippen LogP contribution in [0.3, 0.4) is 0 Å². The van der Waals surface area contributed by atoms with Crippen LogP contribution in [0.4, 0.5) is 0 Å². The molecule has 0 spiro atoms. The van der Waals surface area contributed by atoms with Crippen LogP contribution in [0.25, 0.3) is 5.69 Å². The van der Waals surface area contributed by atoms with E-state index in [0.29, 0.717) is 19.4 Å². The Morgan fingerprint density at radius 3 is 2.70 bits per heavy atom. The Morgan fingerprint density at radius 2 is 2.09 bits per heavy atom. The zero-order chi connectivity index (χ0) is 16.3. The second kappa shape index (κ2) is 6.54. The number of sulfone groups is 1. The highest BCUT2D eigenvalue weighted by Crippen LogP contribution is 2.18. The number of carbonyl (C=O) groups excluding carboxylic acids is 1. The van der Waals surface area contributed by atoms with Crippen LogP contribution in [0.1, 0.15) is 12.0 Å². The fraction of sp³-hybridized carbons (Fsp3) is 0.375. The van der Waals surface area contributed by atoms with Crippen LogP contribution in [-0.4, -0.2) is 42.2 Å². The van der Waals surface area contributed by atoms with E-state index in [-0.39, 0.29) is 23.3 Å². The van der Waals surface area contributed by atoms with Gasteiger partial charge in [-0.1, -0.05) is 12.1 Å². The molecule has 7 heteroatoms. The summed E-state index contributed by atoms with van der Waals surface area (Å²) in [5.41, 5.74) is 2.10. The average Bonchev–Trinajstić information content (AvgIpc) is 3.17. The highest BCUT2D eigenvalue weighted by atomic mass is 32.2. The summed E-state index contributed by atoms with van der Waals surface area (Å²) < 4.78 is 24.5. The minimum atomic E-state index is -3.01. The molecule has 23 heavy (non-hydrogen) atoms. The van der Waals surface area contributed by atoms with Gasteiger partial charge in [-0.15, -0.1) is 0 Å². The molecule has 2 heterocycles. The van der Waals surface area contributed by atoms with Gasteiger partial charge in [-0.2, -0.15) is 5.10 Å². The van der Waals surface area contributed by atoms with Crippen molar-refractivity contribution < 1.29 is 13.2 Å². The molecule has 1 fully saturated rings. The first-order valence-electron chi connectivity index (χ1n) is 7.61. The Balaban J connectivity index is 1.48. The number of hydrogen-bond donors (Lipinski definition) is 1. The minimum absolute atomic E-state index is 0.0165. The van der Waals surface area contributed by atoms with Crippen LogP contribution < -0.4 is 5.32 Å². The topological polar surface area (TPSA) is 81.1 Å². The number of amides is 1. The maximum Gasteiger partial charge on any atom is 0.224 e. The fourth-order valence-electron chi connectivity index (χ4n) is 2.71. The molecular formula is C16H19N3O3S. The normalized spacial score (nSPS) is 19.6. The van der Waals surface area contributed by atoms with E-state index in [0.717, 1.165) is 11.3 Å². The standard InChI is InChI=1S/C16H19N3O3S/c20-16(14-7-11-23(21,22)12-14)17-9-6-13-2-4-15(5-3-13)19-10-1-8-18-19/h1-5,8,10,14H,6-7,9,11-12H2,(H,17,20). The van der Waals surface area contributed by atoms with Gasteiger partial charge in [-0.05, 0) is 36.6 Å². The smallest absolute Gasteiger partial charge is 0.224 e. The number of carbonyl (C=O) groups is 1. The van der Waals surface area contributed by atoms with Gasteiger partial charge in [0.15, 0.2) is 9.84 Å². The lowest BCUT2D eigenvalue weighted by Crippen LogP contribution is -2.32. The molecule has 1 unspecified atom stereocenters. The van der Waals surface area contributed by atoms with Crippen molar-refractivity contribution in [2.24, 2.45) is 5.92 Å². The highest BCUT2D eigenvalue weighted by Gasteiger charge is 2.32. The van der Waals surface area contributed by atoms with Crippen LogP contribution in [-0.2, 0) is 21.1 Å². The van der Waals surface area contributed by atoms with Crippen LogP contribution in [0.15, 0.2) is 42.7 Å². The zero-order valence-corrected chi connectivity index (χ0v) is 13.5. The molecule has 1 atom stereocenters. The molecule has 1 saturated heterocycles. The van der Waals surface area contributed by atoms with E-state index < -0.39 is 9.84 Å². The number of rotatable bonds is 5. The summed E-state index contributed by atoms with van der Waals surface area (Å²) in [6, 6.07) is 9.83. The zero-order valence-electron chi connectivity index (χ0n) is 12.7. The number of benzene rings is 1. The molecule has 6 nitrogen and oxygen atoms in total. The average molecular weight is 333 g/mol. The fourth-order valence-corrected chi connectivity index (χ4v) is 4.45. The van der Waals surface area contributed by atoms with Gasteiger partial charge in [-0.3, -0.25) is 4.79 Å². The van der Waals surface area contributed by atoms with Crippen molar-refractivity contribution in [3.05, 3.63) is 48.3 Å². The third kappa shape index (κ3) is 3.98. The Labute approximate surface area is 135 Å². The summed E-state index contributed by atoms with van der Waals surface area (Å²) in [7, 11) is -3.01. The van der Waals surface area contributed by atoms with E-state index in [4.69, 9.17) is 0 Å². The van der Waals surface area contributed by atoms with Gasteiger partial charge in [0.1, 0.15) is 0 Å². The molecule has 0 radical (unpaired) electrons. The first kappa shape index (κ1) is 15.7. The predicted octanol–water partition coefficient (Wildman–Crippen LogP) is 0.966. The molecule has 1 aliphatic heterocycles. The summed E-state index contributed by atoms with van der Waals surface area (Å²) in [5, 5.41) is 7.00. The van der Waals surface area contributed by atoms with Crippen LogP contribution in [0, 0.1) is 5.92 Å². The molecule has 1 aromatic heterocycles. The van der Waals surface area contributed by atoms with Gasteiger partial charge in [0.25, 0.3) is 0 Å². The second-order valence-electron chi connectivity index (χ2n) is 5.76. The maximum atomic E-state index is 11.9. The first-order valence-corrected chi connectivity index (χ1v) is 9.43. The van der Waals surface area contributed by atoms with E-state index in [2.05, 4.69) is 10.4 Å². The van der Waals surface area contributed by atoms with E-state index in [9.17, 15) is 13.2 Å². The molecular weight excluding hydrogens is 314 g/mol. The van der Waals surface area contributed by atoms with E-state index in [1.165, 1.54) is 0 Å². The van der Waals surface area contributed by atoms with Gasteiger partial charge < -0.3 is 5.32 Å². The summed E-state index contributed by atoms with van der Waals surface area (Å²) in [6.45, 7) is 0.510.